The first kappa shape index (κ1) is 14.5. The van der Waals surface area contributed by atoms with Crippen molar-refractivity contribution in [3.05, 3.63) is 42.2 Å². The molecule has 0 saturated heterocycles. The van der Waals surface area contributed by atoms with Crippen LogP contribution < -0.4 is 10.6 Å². The van der Waals surface area contributed by atoms with Crippen LogP contribution in [0, 0.1) is 13.8 Å². The fraction of sp³-hybridized carbons (Fsp3) is 0.357. The Balaban J connectivity index is 2.36. The van der Waals surface area contributed by atoms with Gasteiger partial charge in [0.25, 0.3) is 0 Å². The molecule has 0 spiro atoms. The van der Waals surface area contributed by atoms with Crippen LogP contribution in [-0.2, 0) is 4.74 Å². The molecule has 2 N–H and O–H groups in total. The maximum atomic E-state index is 5.23. The SMILES string of the molecule is C=COCCCNC(=S)Nc1cccc(C)c1C. The van der Waals surface area contributed by atoms with E-state index in [1.807, 2.05) is 12.1 Å². The van der Waals surface area contributed by atoms with Gasteiger partial charge in [0.15, 0.2) is 5.11 Å². The van der Waals surface area contributed by atoms with Crippen molar-refractivity contribution in [2.75, 3.05) is 18.5 Å². The second-order valence-electron chi connectivity index (χ2n) is 4.02. The number of nitrogens with one attached hydrogen (secondary N) is 2. The van der Waals surface area contributed by atoms with Crippen LogP contribution in [0.2, 0.25) is 0 Å². The zero-order chi connectivity index (χ0) is 13.4. The van der Waals surface area contributed by atoms with E-state index in [4.69, 9.17) is 17.0 Å². The van der Waals surface area contributed by atoms with Gasteiger partial charge >= 0.3 is 0 Å². The number of thiocarbonyl (C=S) groups is 1. The van der Waals surface area contributed by atoms with Gasteiger partial charge in [0.2, 0.25) is 0 Å². The zero-order valence-electron chi connectivity index (χ0n) is 11.0. The van der Waals surface area contributed by atoms with E-state index in [9.17, 15) is 0 Å². The highest BCUT2D eigenvalue weighted by Gasteiger charge is 2.02. The Morgan fingerprint density at radius 3 is 2.94 bits per heavy atom. The van der Waals surface area contributed by atoms with Gasteiger partial charge in [-0.1, -0.05) is 18.7 Å². The molecule has 0 aliphatic rings. The van der Waals surface area contributed by atoms with Crippen LogP contribution >= 0.6 is 12.2 Å². The lowest BCUT2D eigenvalue weighted by Gasteiger charge is -2.13. The van der Waals surface area contributed by atoms with Gasteiger partial charge in [-0.15, -0.1) is 0 Å². The molecule has 0 heterocycles. The van der Waals surface area contributed by atoms with Gasteiger partial charge in [-0.2, -0.15) is 0 Å². The van der Waals surface area contributed by atoms with Crippen LogP contribution in [0.5, 0.6) is 0 Å². The standard InChI is InChI=1S/C14H20N2OS/c1-4-17-10-6-9-15-14(18)16-13-8-5-7-11(2)12(13)3/h4-5,7-8H,1,6,9-10H2,2-3H3,(H2,15,16,18). The predicted molar refractivity (Wildman–Crippen MR) is 80.9 cm³/mol. The summed E-state index contributed by atoms with van der Waals surface area (Å²) >= 11 is 5.23. The molecule has 0 amide bonds. The van der Waals surface area contributed by atoms with Crippen molar-refractivity contribution < 1.29 is 4.74 Å². The third-order valence-corrected chi connectivity index (χ3v) is 2.94. The zero-order valence-corrected chi connectivity index (χ0v) is 11.8. The number of ether oxygens (including phenoxy) is 1. The van der Waals surface area contributed by atoms with Crippen LogP contribution in [-0.4, -0.2) is 18.3 Å². The number of aryl methyl sites for hydroxylation is 1. The van der Waals surface area contributed by atoms with Crippen molar-refractivity contribution in [3.63, 3.8) is 0 Å². The summed E-state index contributed by atoms with van der Waals surface area (Å²) in [4.78, 5) is 0. The van der Waals surface area contributed by atoms with Gasteiger partial charge in [0.05, 0.1) is 12.9 Å². The third kappa shape index (κ3) is 4.75. The third-order valence-electron chi connectivity index (χ3n) is 2.70. The van der Waals surface area contributed by atoms with Crippen LogP contribution in [0.3, 0.4) is 0 Å². The van der Waals surface area contributed by atoms with Crippen molar-refractivity contribution in [1.82, 2.24) is 5.32 Å². The lowest BCUT2D eigenvalue weighted by Crippen LogP contribution is -2.30. The Kier molecular flexibility index (Phi) is 6.22. The van der Waals surface area contributed by atoms with E-state index >= 15 is 0 Å². The van der Waals surface area contributed by atoms with Crippen LogP contribution in [0.4, 0.5) is 5.69 Å². The lowest BCUT2D eigenvalue weighted by atomic mass is 10.1. The van der Waals surface area contributed by atoms with Crippen LogP contribution in [0.25, 0.3) is 0 Å². The van der Waals surface area contributed by atoms with Gasteiger partial charge in [-0.3, -0.25) is 0 Å². The fourth-order valence-electron chi connectivity index (χ4n) is 1.49. The molecule has 0 aliphatic heterocycles. The van der Waals surface area contributed by atoms with Crippen molar-refractivity contribution in [3.8, 4) is 0 Å². The molecule has 0 unspecified atom stereocenters. The quantitative estimate of drug-likeness (QED) is 0.470. The number of benzene rings is 1. The van der Waals surface area contributed by atoms with E-state index in [1.165, 1.54) is 17.4 Å². The minimum atomic E-state index is 0.641. The van der Waals surface area contributed by atoms with Crippen molar-refractivity contribution in [1.29, 1.82) is 0 Å². The number of rotatable bonds is 6. The molecular weight excluding hydrogens is 244 g/mol. The Hall–Kier alpha value is -1.55. The molecule has 0 fully saturated rings. The summed E-state index contributed by atoms with van der Waals surface area (Å²) in [5.41, 5.74) is 3.52. The Labute approximate surface area is 114 Å². The first-order valence-corrected chi connectivity index (χ1v) is 6.39. The first-order chi connectivity index (χ1) is 8.65. The van der Waals surface area contributed by atoms with E-state index in [1.54, 1.807) is 0 Å². The first-order valence-electron chi connectivity index (χ1n) is 5.98. The van der Waals surface area contributed by atoms with Crippen LogP contribution in [0.15, 0.2) is 31.0 Å². The minimum Gasteiger partial charge on any atom is -0.502 e. The van der Waals surface area contributed by atoms with Crippen LogP contribution in [0.1, 0.15) is 17.5 Å². The molecule has 1 aromatic rings. The molecule has 0 atom stereocenters. The number of anilines is 1. The highest BCUT2D eigenvalue weighted by Crippen LogP contribution is 2.17. The van der Waals surface area contributed by atoms with Gasteiger partial charge in [-0.25, -0.2) is 0 Å². The molecule has 1 aromatic carbocycles. The van der Waals surface area contributed by atoms with E-state index < -0.39 is 0 Å². The topological polar surface area (TPSA) is 33.3 Å². The summed E-state index contributed by atoms with van der Waals surface area (Å²) in [5, 5.41) is 6.99. The average molecular weight is 264 g/mol. The molecule has 0 radical (unpaired) electrons. The lowest BCUT2D eigenvalue weighted by molar-refractivity contribution is 0.247. The minimum absolute atomic E-state index is 0.641. The Morgan fingerprint density at radius 1 is 1.44 bits per heavy atom. The summed E-state index contributed by atoms with van der Waals surface area (Å²) in [7, 11) is 0. The van der Waals surface area contributed by atoms with E-state index in [0.29, 0.717) is 11.7 Å². The Bertz CT molecular complexity index is 418. The molecule has 0 aromatic heterocycles. The van der Waals surface area contributed by atoms with E-state index in [0.717, 1.165) is 18.7 Å². The molecule has 0 bridgehead atoms. The molecule has 0 saturated carbocycles. The number of hydrogen-bond donors (Lipinski definition) is 2. The summed E-state index contributed by atoms with van der Waals surface area (Å²) in [6.45, 7) is 9.09. The average Bonchev–Trinajstić information content (AvgIpc) is 2.35. The summed E-state index contributed by atoms with van der Waals surface area (Å²) in [6, 6.07) is 6.13. The van der Waals surface area contributed by atoms with Gasteiger partial charge in [0.1, 0.15) is 0 Å². The monoisotopic (exact) mass is 264 g/mol. The van der Waals surface area contributed by atoms with E-state index in [2.05, 4.69) is 37.1 Å². The normalized spacial score (nSPS) is 9.67. The maximum absolute atomic E-state index is 5.23. The second kappa shape index (κ2) is 7.71. The fourth-order valence-corrected chi connectivity index (χ4v) is 1.71. The summed E-state index contributed by atoms with van der Waals surface area (Å²) in [5.74, 6) is 0. The molecule has 0 aliphatic carbocycles. The van der Waals surface area contributed by atoms with Gasteiger partial charge in [0, 0.05) is 12.2 Å². The molecule has 3 nitrogen and oxygen atoms in total. The van der Waals surface area contributed by atoms with Crippen molar-refractivity contribution in [2.24, 2.45) is 0 Å². The summed E-state index contributed by atoms with van der Waals surface area (Å²) < 4.78 is 5.03. The van der Waals surface area contributed by atoms with Crippen molar-refractivity contribution in [2.45, 2.75) is 20.3 Å². The predicted octanol–water partition coefficient (Wildman–Crippen LogP) is 3.14. The summed E-state index contributed by atoms with van der Waals surface area (Å²) in [6.07, 6.45) is 2.34. The second-order valence-corrected chi connectivity index (χ2v) is 4.43. The maximum Gasteiger partial charge on any atom is 0.170 e. The molecule has 98 valence electrons. The molecule has 1 rings (SSSR count). The molecular formula is C14H20N2OS. The number of hydrogen-bond acceptors (Lipinski definition) is 2. The Morgan fingerprint density at radius 2 is 2.22 bits per heavy atom. The largest absolute Gasteiger partial charge is 0.502 e. The van der Waals surface area contributed by atoms with Gasteiger partial charge in [-0.05, 0) is 49.7 Å². The highest BCUT2D eigenvalue weighted by molar-refractivity contribution is 7.80. The van der Waals surface area contributed by atoms with Crippen molar-refractivity contribution >= 4 is 23.0 Å². The van der Waals surface area contributed by atoms with E-state index in [-0.39, 0.29) is 0 Å². The van der Waals surface area contributed by atoms with Gasteiger partial charge < -0.3 is 15.4 Å². The molecule has 18 heavy (non-hydrogen) atoms. The smallest absolute Gasteiger partial charge is 0.170 e. The molecule has 4 heteroatoms. The highest BCUT2D eigenvalue weighted by atomic mass is 32.1.